The Labute approximate surface area is 285 Å². The van der Waals surface area contributed by atoms with Crippen LogP contribution in [0.5, 0.6) is 0 Å². The maximum absolute atomic E-state index is 5.32. The van der Waals surface area contributed by atoms with Crippen molar-refractivity contribution >= 4 is 39.8 Å². The SMILES string of the molecule is C1CCC([PH+](C2CCCCC2)C2CCCCC2)CC1.C1CCC([PH+](C2CCCCC2)C2CCCCC2)CC1.C[CH]=[Ru]([Cl])[Cl]. The molecule has 0 bridgehead atoms. The van der Waals surface area contributed by atoms with Crippen LogP contribution in [0.2, 0.25) is 0 Å². The number of halogens is 2. The Morgan fingerprint density at radius 3 is 0.605 bits per heavy atom. The molecule has 5 heteroatoms. The van der Waals surface area contributed by atoms with Crippen molar-refractivity contribution in [1.82, 2.24) is 0 Å². The Morgan fingerprint density at radius 1 is 0.349 bits per heavy atom. The summed E-state index contributed by atoms with van der Waals surface area (Å²) in [6, 6.07) is 0. The Bertz CT molecular complexity index is 583. The molecule has 6 rings (SSSR count). The Kier molecular flexibility index (Phi) is 19.8. The molecule has 254 valence electrons. The molecule has 0 amide bonds. The van der Waals surface area contributed by atoms with Crippen LogP contribution in [0.1, 0.15) is 200 Å². The van der Waals surface area contributed by atoms with E-state index in [0.29, 0.717) is 0 Å². The molecule has 0 aromatic heterocycles. The van der Waals surface area contributed by atoms with E-state index in [2.05, 4.69) is 0 Å². The van der Waals surface area contributed by atoms with Gasteiger partial charge in [-0.1, -0.05) is 38.5 Å². The third-order valence-electron chi connectivity index (χ3n) is 12.6. The van der Waals surface area contributed by atoms with E-state index < -0.39 is 13.5 Å². The molecule has 0 atom stereocenters. The van der Waals surface area contributed by atoms with Crippen molar-refractivity contribution in [3.63, 3.8) is 0 Å². The van der Waals surface area contributed by atoms with Gasteiger partial charge in [-0.25, -0.2) is 0 Å². The first kappa shape index (κ1) is 37.7. The fourth-order valence-corrected chi connectivity index (χ4v) is 21.1. The molecule has 6 aliphatic carbocycles. The van der Waals surface area contributed by atoms with Crippen LogP contribution < -0.4 is 0 Å². The van der Waals surface area contributed by atoms with Gasteiger partial charge in [0.1, 0.15) is 0 Å². The molecule has 43 heavy (non-hydrogen) atoms. The first-order valence-electron chi connectivity index (χ1n) is 19.7. The van der Waals surface area contributed by atoms with E-state index in [0.717, 1.165) is 0 Å². The second kappa shape index (κ2) is 22.5. The van der Waals surface area contributed by atoms with Crippen LogP contribution in [0.4, 0.5) is 0 Å². The van der Waals surface area contributed by atoms with Gasteiger partial charge < -0.3 is 0 Å². The normalized spacial score (nSPS) is 26.8. The van der Waals surface area contributed by atoms with Crippen molar-refractivity contribution in [3.8, 4) is 0 Å². The van der Waals surface area contributed by atoms with Gasteiger partial charge in [-0.15, -0.1) is 0 Å². The van der Waals surface area contributed by atoms with Crippen molar-refractivity contribution in [1.29, 1.82) is 0 Å². The molecule has 0 N–H and O–H groups in total. The summed E-state index contributed by atoms with van der Waals surface area (Å²) < 4.78 is 1.84. The summed E-state index contributed by atoms with van der Waals surface area (Å²) in [4.78, 5) is 0. The minimum absolute atomic E-state index is 0.0465. The maximum atomic E-state index is 5.32. The zero-order chi connectivity index (χ0) is 30.1. The molecule has 0 heterocycles. The van der Waals surface area contributed by atoms with E-state index in [4.69, 9.17) is 19.4 Å². The van der Waals surface area contributed by atoms with Crippen LogP contribution in [-0.2, 0) is 13.5 Å². The average Bonchev–Trinajstić information content (AvgIpc) is 3.09. The standard InChI is InChI=1S/2C18H33P.C2H4.2ClH.Ru/c2*1-4-10-16(11-5-1)19(17-12-6-2-7-13-17)18-14-8-3-9-15-18;1-2;;;/h2*16-18H,1-15H2;1H,2H3;2*1H;/q;;;;;+2. The Morgan fingerprint density at radius 2 is 0.488 bits per heavy atom. The Hall–Kier alpha value is 1.93. The molecule has 6 saturated carbocycles. The van der Waals surface area contributed by atoms with E-state index in [-0.39, 0.29) is 15.8 Å². The van der Waals surface area contributed by atoms with Crippen LogP contribution in [0.15, 0.2) is 0 Å². The van der Waals surface area contributed by atoms with Gasteiger partial charge in [0.25, 0.3) is 0 Å². The van der Waals surface area contributed by atoms with E-state index in [1.807, 2.05) is 11.5 Å². The zero-order valence-electron chi connectivity index (χ0n) is 28.4. The van der Waals surface area contributed by atoms with Gasteiger partial charge in [0, 0.05) is 15.8 Å². The fraction of sp³-hybridized carbons (Fsp3) is 0.974. The van der Waals surface area contributed by atoms with E-state index in [1.54, 1.807) is 193 Å². The molecule has 0 saturated heterocycles. The first-order chi connectivity index (χ1) is 21.2. The molecular formula is C38H72Cl2P2Ru+2. The van der Waals surface area contributed by atoms with Crippen LogP contribution >= 0.6 is 35.2 Å². The van der Waals surface area contributed by atoms with Gasteiger partial charge >= 0.3 is 44.4 Å². The van der Waals surface area contributed by atoms with Crippen LogP contribution in [-0.4, -0.2) is 38.6 Å². The van der Waals surface area contributed by atoms with Crippen LogP contribution in [0, 0.1) is 0 Å². The molecule has 0 spiro atoms. The minimum atomic E-state index is -1.36. The summed E-state index contributed by atoms with van der Waals surface area (Å²) in [7, 11) is 10.5. The quantitative estimate of drug-likeness (QED) is 0.187. The van der Waals surface area contributed by atoms with Crippen molar-refractivity contribution in [2.75, 3.05) is 0 Å². The summed E-state index contributed by atoms with van der Waals surface area (Å²) in [6.45, 7) is 1.87. The molecule has 6 aliphatic rings. The summed E-state index contributed by atoms with van der Waals surface area (Å²) in [6.07, 6.45) is 47.6. The van der Waals surface area contributed by atoms with Gasteiger partial charge in [-0.3, -0.25) is 0 Å². The number of hydrogen-bond acceptors (Lipinski definition) is 0. The topological polar surface area (TPSA) is 0 Å². The molecule has 0 aromatic rings. The van der Waals surface area contributed by atoms with E-state index in [1.165, 1.54) is 34.0 Å². The van der Waals surface area contributed by atoms with Gasteiger partial charge in [0.05, 0.1) is 34.0 Å². The molecule has 0 radical (unpaired) electrons. The van der Waals surface area contributed by atoms with Crippen molar-refractivity contribution in [3.05, 3.63) is 0 Å². The third kappa shape index (κ3) is 13.4. The molecule has 0 aromatic carbocycles. The molecule has 6 fully saturated rings. The van der Waals surface area contributed by atoms with Gasteiger partial charge in [0.2, 0.25) is 0 Å². The fourth-order valence-electron chi connectivity index (χ4n) is 10.6. The number of hydrogen-bond donors (Lipinski definition) is 0. The summed E-state index contributed by atoms with van der Waals surface area (Å²) >= 11 is -1.36. The summed E-state index contributed by atoms with van der Waals surface area (Å²) in [5.74, 6) is 0. The molecular weight excluding hydrogens is 690 g/mol. The Balaban J connectivity index is 0.000000171. The van der Waals surface area contributed by atoms with Gasteiger partial charge in [-0.2, -0.15) is 0 Å². The predicted molar refractivity (Wildman–Crippen MR) is 201 cm³/mol. The van der Waals surface area contributed by atoms with Gasteiger partial charge in [0.15, 0.2) is 0 Å². The number of rotatable bonds is 6. The molecule has 0 nitrogen and oxygen atoms in total. The second-order valence-corrected chi connectivity index (χ2v) is 28.5. The van der Waals surface area contributed by atoms with E-state index >= 15 is 0 Å². The monoisotopic (exact) mass is 762 g/mol. The van der Waals surface area contributed by atoms with Crippen molar-refractivity contribution in [2.45, 2.75) is 234 Å². The first-order valence-corrected chi connectivity index (χ1v) is 28.6. The summed E-state index contributed by atoms with van der Waals surface area (Å²) in [5.41, 5.74) is 7.36. The molecule has 0 unspecified atom stereocenters. The van der Waals surface area contributed by atoms with Crippen molar-refractivity contribution < 1.29 is 13.5 Å². The summed E-state index contributed by atoms with van der Waals surface area (Å²) in [5, 5.41) is 0. The van der Waals surface area contributed by atoms with Crippen molar-refractivity contribution in [2.24, 2.45) is 0 Å². The molecule has 0 aliphatic heterocycles. The van der Waals surface area contributed by atoms with Crippen LogP contribution in [0.25, 0.3) is 0 Å². The predicted octanol–water partition coefficient (Wildman–Crippen LogP) is 14.1. The van der Waals surface area contributed by atoms with Gasteiger partial charge in [-0.05, 0) is 154 Å². The zero-order valence-corrected chi connectivity index (χ0v) is 33.6. The average molecular weight is 763 g/mol. The van der Waals surface area contributed by atoms with Crippen LogP contribution in [0.3, 0.4) is 0 Å². The second-order valence-electron chi connectivity index (χ2n) is 15.4. The van der Waals surface area contributed by atoms with E-state index in [9.17, 15) is 0 Å². The third-order valence-corrected chi connectivity index (χ3v) is 24.3.